The number of hydrogen-bond donors (Lipinski definition) is 2. The van der Waals surface area contributed by atoms with Gasteiger partial charge in [-0.1, -0.05) is 0 Å². The zero-order valence-corrected chi connectivity index (χ0v) is 13.3. The van der Waals surface area contributed by atoms with Crippen molar-refractivity contribution in [2.75, 3.05) is 26.2 Å². The minimum atomic E-state index is -0.449. The molecule has 1 aliphatic carbocycles. The fourth-order valence-electron chi connectivity index (χ4n) is 2.37. The second-order valence-electron chi connectivity index (χ2n) is 6.93. The number of nitrogens with one attached hydrogen (secondary N) is 2. The van der Waals surface area contributed by atoms with Crippen LogP contribution in [0, 0.1) is 5.92 Å². The van der Waals surface area contributed by atoms with E-state index in [-0.39, 0.29) is 24.0 Å². The van der Waals surface area contributed by atoms with E-state index in [4.69, 9.17) is 4.74 Å². The maximum absolute atomic E-state index is 11.9. The molecule has 2 aliphatic rings. The van der Waals surface area contributed by atoms with Crippen LogP contribution in [0.5, 0.6) is 0 Å². The molecule has 0 aromatic carbocycles. The van der Waals surface area contributed by atoms with Gasteiger partial charge in [-0.2, -0.15) is 0 Å². The molecule has 0 aromatic heterocycles. The summed E-state index contributed by atoms with van der Waals surface area (Å²) in [5.41, 5.74) is -0.449. The molecule has 2 rings (SSSR count). The topological polar surface area (TPSA) is 70.7 Å². The number of carbonyl (C=O) groups is 2. The Hall–Kier alpha value is -1.30. The van der Waals surface area contributed by atoms with E-state index < -0.39 is 5.60 Å². The van der Waals surface area contributed by atoms with Crippen molar-refractivity contribution < 1.29 is 14.3 Å². The summed E-state index contributed by atoms with van der Waals surface area (Å²) in [6.45, 7) is 8.41. The maximum atomic E-state index is 11.9. The summed E-state index contributed by atoms with van der Waals surface area (Å²) in [6, 6.07) is 0.287. The van der Waals surface area contributed by atoms with Crippen LogP contribution in [0.25, 0.3) is 0 Å². The third kappa shape index (κ3) is 5.53. The molecular weight excluding hydrogens is 270 g/mol. The number of rotatable bonds is 5. The fourth-order valence-corrected chi connectivity index (χ4v) is 2.37. The SMILES string of the molecule is CC(C)(C)OC(=O)N1CCC(NCCNC(=O)C2CC2)C1. The Bertz CT molecular complexity index is 388. The molecule has 0 aromatic rings. The third-order valence-corrected chi connectivity index (χ3v) is 3.65. The number of amides is 2. The Labute approximate surface area is 126 Å². The lowest BCUT2D eigenvalue weighted by Gasteiger charge is -2.24. The number of hydrogen-bond acceptors (Lipinski definition) is 4. The molecule has 2 fully saturated rings. The summed E-state index contributed by atoms with van der Waals surface area (Å²) >= 11 is 0. The largest absolute Gasteiger partial charge is 0.444 e. The molecule has 1 heterocycles. The summed E-state index contributed by atoms with van der Waals surface area (Å²) in [6.07, 6.45) is 2.75. The Morgan fingerprint density at radius 1 is 1.19 bits per heavy atom. The number of carbonyl (C=O) groups excluding carboxylic acids is 2. The zero-order valence-electron chi connectivity index (χ0n) is 13.3. The van der Waals surface area contributed by atoms with Gasteiger partial charge in [-0.15, -0.1) is 0 Å². The highest BCUT2D eigenvalue weighted by Crippen LogP contribution is 2.28. The molecule has 21 heavy (non-hydrogen) atoms. The van der Waals surface area contributed by atoms with Crippen molar-refractivity contribution in [2.45, 2.75) is 51.7 Å². The molecule has 6 nitrogen and oxygen atoms in total. The van der Waals surface area contributed by atoms with Crippen molar-refractivity contribution in [1.82, 2.24) is 15.5 Å². The van der Waals surface area contributed by atoms with Crippen LogP contribution in [0.4, 0.5) is 4.79 Å². The second kappa shape index (κ2) is 6.64. The van der Waals surface area contributed by atoms with Crippen molar-refractivity contribution in [1.29, 1.82) is 0 Å². The summed E-state index contributed by atoms with van der Waals surface area (Å²) in [5, 5.41) is 6.31. The first kappa shape index (κ1) is 16.1. The van der Waals surface area contributed by atoms with Gasteiger partial charge >= 0.3 is 6.09 Å². The van der Waals surface area contributed by atoms with Crippen molar-refractivity contribution in [3.63, 3.8) is 0 Å². The van der Waals surface area contributed by atoms with Crippen LogP contribution in [-0.2, 0) is 9.53 Å². The highest BCUT2D eigenvalue weighted by molar-refractivity contribution is 5.80. The summed E-state index contributed by atoms with van der Waals surface area (Å²) in [5.74, 6) is 0.442. The fraction of sp³-hybridized carbons (Fsp3) is 0.867. The maximum Gasteiger partial charge on any atom is 0.410 e. The van der Waals surface area contributed by atoms with E-state index >= 15 is 0 Å². The van der Waals surface area contributed by atoms with Crippen molar-refractivity contribution >= 4 is 12.0 Å². The second-order valence-corrected chi connectivity index (χ2v) is 6.93. The minimum Gasteiger partial charge on any atom is -0.444 e. The van der Waals surface area contributed by atoms with Gasteiger partial charge in [0.1, 0.15) is 5.60 Å². The summed E-state index contributed by atoms with van der Waals surface area (Å²) in [4.78, 5) is 25.1. The number of nitrogens with zero attached hydrogens (tertiary/aromatic N) is 1. The Kier molecular flexibility index (Phi) is 5.08. The standard InChI is InChI=1S/C15H27N3O3/c1-15(2,3)21-14(20)18-9-6-12(10-18)16-7-8-17-13(19)11-4-5-11/h11-12,16H,4-10H2,1-3H3,(H,17,19). The predicted molar refractivity (Wildman–Crippen MR) is 79.9 cm³/mol. The van der Waals surface area contributed by atoms with Gasteiger partial charge in [0.05, 0.1) is 0 Å². The van der Waals surface area contributed by atoms with E-state index in [1.807, 2.05) is 20.8 Å². The first-order chi connectivity index (χ1) is 9.85. The van der Waals surface area contributed by atoms with Crippen LogP contribution in [0.15, 0.2) is 0 Å². The highest BCUT2D eigenvalue weighted by atomic mass is 16.6. The molecule has 120 valence electrons. The molecule has 2 N–H and O–H groups in total. The van der Waals surface area contributed by atoms with Crippen LogP contribution >= 0.6 is 0 Å². The van der Waals surface area contributed by atoms with Gasteiger partial charge in [0.2, 0.25) is 5.91 Å². The van der Waals surface area contributed by atoms with Crippen LogP contribution < -0.4 is 10.6 Å². The average Bonchev–Trinajstić information content (AvgIpc) is 3.11. The molecule has 0 radical (unpaired) electrons. The van der Waals surface area contributed by atoms with Gasteiger partial charge in [-0.25, -0.2) is 4.79 Å². The van der Waals surface area contributed by atoms with Crippen molar-refractivity contribution in [3.05, 3.63) is 0 Å². The van der Waals surface area contributed by atoms with Crippen molar-refractivity contribution in [2.24, 2.45) is 5.92 Å². The lowest BCUT2D eigenvalue weighted by atomic mass is 10.2. The molecule has 6 heteroatoms. The average molecular weight is 297 g/mol. The van der Waals surface area contributed by atoms with E-state index in [0.717, 1.165) is 32.4 Å². The predicted octanol–water partition coefficient (Wildman–Crippen LogP) is 1.11. The number of ether oxygens (including phenoxy) is 1. The van der Waals surface area contributed by atoms with Gasteiger partial charge in [0.25, 0.3) is 0 Å². The molecule has 0 spiro atoms. The first-order valence-corrected chi connectivity index (χ1v) is 7.84. The van der Waals surface area contributed by atoms with Crippen LogP contribution in [0.1, 0.15) is 40.0 Å². The molecule has 0 bridgehead atoms. The van der Waals surface area contributed by atoms with Crippen LogP contribution in [-0.4, -0.2) is 54.7 Å². The normalized spacial score (nSPS) is 22.2. The Morgan fingerprint density at radius 3 is 2.52 bits per heavy atom. The highest BCUT2D eigenvalue weighted by Gasteiger charge is 2.30. The monoisotopic (exact) mass is 297 g/mol. The molecule has 1 aliphatic heterocycles. The molecule has 1 atom stereocenters. The molecular formula is C15H27N3O3. The summed E-state index contributed by atoms with van der Waals surface area (Å²) < 4.78 is 5.36. The number of likely N-dealkylation sites (tertiary alicyclic amines) is 1. The lowest BCUT2D eigenvalue weighted by Crippen LogP contribution is -2.40. The van der Waals surface area contributed by atoms with E-state index in [1.165, 1.54) is 0 Å². The molecule has 1 unspecified atom stereocenters. The summed E-state index contributed by atoms with van der Waals surface area (Å²) in [7, 11) is 0. The quantitative estimate of drug-likeness (QED) is 0.746. The van der Waals surface area contributed by atoms with E-state index in [1.54, 1.807) is 4.90 Å². The van der Waals surface area contributed by atoms with Gasteiger partial charge in [0.15, 0.2) is 0 Å². The van der Waals surface area contributed by atoms with Gasteiger partial charge in [0, 0.05) is 38.1 Å². The molecule has 2 amide bonds. The smallest absolute Gasteiger partial charge is 0.410 e. The van der Waals surface area contributed by atoms with Gasteiger partial charge in [-0.3, -0.25) is 4.79 Å². The van der Waals surface area contributed by atoms with Gasteiger partial charge in [-0.05, 0) is 40.0 Å². The van der Waals surface area contributed by atoms with Crippen molar-refractivity contribution in [3.8, 4) is 0 Å². The first-order valence-electron chi connectivity index (χ1n) is 7.84. The zero-order chi connectivity index (χ0) is 15.5. The minimum absolute atomic E-state index is 0.179. The molecule has 1 saturated heterocycles. The Balaban J connectivity index is 1.59. The van der Waals surface area contributed by atoms with E-state index in [9.17, 15) is 9.59 Å². The third-order valence-electron chi connectivity index (χ3n) is 3.65. The van der Waals surface area contributed by atoms with Crippen LogP contribution in [0.3, 0.4) is 0 Å². The Morgan fingerprint density at radius 2 is 1.90 bits per heavy atom. The van der Waals surface area contributed by atoms with Gasteiger partial charge < -0.3 is 20.3 Å². The van der Waals surface area contributed by atoms with E-state index in [2.05, 4.69) is 10.6 Å². The van der Waals surface area contributed by atoms with Crippen LogP contribution in [0.2, 0.25) is 0 Å². The molecule has 1 saturated carbocycles. The lowest BCUT2D eigenvalue weighted by molar-refractivity contribution is -0.122. The van der Waals surface area contributed by atoms with E-state index in [0.29, 0.717) is 13.1 Å².